The molecule has 0 amide bonds. The van der Waals surface area contributed by atoms with Crippen LogP contribution in [0.4, 0.5) is 0 Å². The third kappa shape index (κ3) is 4.08. The van der Waals surface area contributed by atoms with Crippen LogP contribution >= 0.6 is 11.8 Å². The van der Waals surface area contributed by atoms with Crippen LogP contribution in [-0.2, 0) is 0 Å². The fraction of sp³-hybridized carbons (Fsp3) is 0.462. The van der Waals surface area contributed by atoms with Crippen LogP contribution in [0.25, 0.3) is 0 Å². The van der Waals surface area contributed by atoms with Crippen LogP contribution in [0.15, 0.2) is 29.2 Å². The van der Waals surface area contributed by atoms with E-state index in [2.05, 4.69) is 26.8 Å². The molecule has 15 heavy (non-hydrogen) atoms. The lowest BCUT2D eigenvalue weighted by Crippen LogP contribution is -2.07. The second-order valence-corrected chi connectivity index (χ2v) is 6.42. The fourth-order valence-electron chi connectivity index (χ4n) is 1.29. The van der Waals surface area contributed by atoms with Gasteiger partial charge in [0.15, 0.2) is 5.78 Å². The molecule has 0 spiro atoms. The quantitative estimate of drug-likeness (QED) is 0.564. The molecular formula is C13H18OS. The van der Waals surface area contributed by atoms with Gasteiger partial charge in [0.05, 0.1) is 0 Å². The van der Waals surface area contributed by atoms with Gasteiger partial charge in [-0.3, -0.25) is 4.79 Å². The van der Waals surface area contributed by atoms with Gasteiger partial charge >= 0.3 is 0 Å². The van der Waals surface area contributed by atoms with E-state index in [1.165, 1.54) is 4.90 Å². The molecule has 0 saturated carbocycles. The number of rotatable bonds is 3. The zero-order valence-electron chi connectivity index (χ0n) is 9.83. The van der Waals surface area contributed by atoms with Gasteiger partial charge < -0.3 is 0 Å². The Balaban J connectivity index is 2.88. The van der Waals surface area contributed by atoms with Gasteiger partial charge in [-0.15, -0.1) is 11.8 Å². The number of carbonyl (C=O) groups excluding carboxylic acids is 1. The summed E-state index contributed by atoms with van der Waals surface area (Å²) in [6.45, 7) is 8.41. The Morgan fingerprint density at radius 3 is 2.53 bits per heavy atom. The van der Waals surface area contributed by atoms with Crippen molar-refractivity contribution >= 4 is 17.5 Å². The van der Waals surface area contributed by atoms with Crippen LogP contribution in [0.5, 0.6) is 0 Å². The molecule has 0 saturated heterocycles. The molecule has 1 nitrogen and oxygen atoms in total. The lowest BCUT2D eigenvalue weighted by molar-refractivity contribution is 0.0988. The van der Waals surface area contributed by atoms with E-state index < -0.39 is 0 Å². The molecule has 2 heteroatoms. The van der Waals surface area contributed by atoms with E-state index in [0.717, 1.165) is 5.56 Å². The average Bonchev–Trinajstić information content (AvgIpc) is 2.14. The first-order chi connectivity index (χ1) is 6.92. The summed E-state index contributed by atoms with van der Waals surface area (Å²) in [5.41, 5.74) is 0.826. The van der Waals surface area contributed by atoms with Crippen LogP contribution in [0.3, 0.4) is 0 Å². The Kier molecular flexibility index (Phi) is 3.97. The Bertz CT molecular complexity index is 350. The van der Waals surface area contributed by atoms with Crippen molar-refractivity contribution in [1.82, 2.24) is 0 Å². The largest absolute Gasteiger partial charge is 0.294 e. The van der Waals surface area contributed by atoms with Crippen molar-refractivity contribution in [2.75, 3.05) is 0 Å². The predicted octanol–water partition coefficient (Wildman–Crippen LogP) is 4.17. The second-order valence-electron chi connectivity index (χ2n) is 4.52. The number of Topliss-reactive ketones (excluding diaryl/α,β-unsaturated/α-hetero) is 1. The molecule has 0 N–H and O–H groups in total. The maximum absolute atomic E-state index is 11.5. The van der Waals surface area contributed by atoms with Gasteiger partial charge in [0, 0.05) is 21.6 Å². The van der Waals surface area contributed by atoms with Crippen LogP contribution in [0.1, 0.15) is 44.5 Å². The Labute approximate surface area is 96.3 Å². The first-order valence-corrected chi connectivity index (χ1v) is 6.06. The Morgan fingerprint density at radius 1 is 1.33 bits per heavy atom. The van der Waals surface area contributed by atoms with E-state index >= 15 is 0 Å². The van der Waals surface area contributed by atoms with Crippen LogP contribution in [0.2, 0.25) is 0 Å². The number of carbonyl (C=O) groups is 1. The third-order valence-electron chi connectivity index (χ3n) is 1.90. The van der Waals surface area contributed by atoms with Gasteiger partial charge in [-0.1, -0.05) is 39.8 Å². The monoisotopic (exact) mass is 222 g/mol. The summed E-state index contributed by atoms with van der Waals surface area (Å²) >= 11 is 1.79. The van der Waals surface area contributed by atoms with Crippen molar-refractivity contribution < 1.29 is 4.79 Å². The molecular weight excluding hydrogens is 204 g/mol. The summed E-state index contributed by atoms with van der Waals surface area (Å²) in [5, 5.41) is 0. The predicted molar refractivity (Wildman–Crippen MR) is 66.7 cm³/mol. The van der Waals surface area contributed by atoms with Crippen LogP contribution in [-0.4, -0.2) is 10.5 Å². The number of benzene rings is 1. The highest BCUT2D eigenvalue weighted by Gasteiger charge is 2.12. The molecule has 1 rings (SSSR count). The first-order valence-electron chi connectivity index (χ1n) is 5.24. The molecule has 0 radical (unpaired) electrons. The molecule has 1 aromatic carbocycles. The summed E-state index contributed by atoms with van der Waals surface area (Å²) in [7, 11) is 0. The minimum Gasteiger partial charge on any atom is -0.294 e. The summed E-state index contributed by atoms with van der Waals surface area (Å²) in [5.74, 6) is 0.214. The first kappa shape index (κ1) is 12.3. The number of thioether (sulfide) groups is 1. The Morgan fingerprint density at radius 2 is 2.00 bits per heavy atom. The van der Waals surface area contributed by atoms with E-state index in [1.807, 2.05) is 25.1 Å². The molecule has 0 fully saturated rings. The van der Waals surface area contributed by atoms with Crippen molar-refractivity contribution in [3.05, 3.63) is 29.8 Å². The van der Waals surface area contributed by atoms with E-state index in [9.17, 15) is 4.79 Å². The van der Waals surface area contributed by atoms with Crippen molar-refractivity contribution in [2.24, 2.45) is 0 Å². The molecule has 0 atom stereocenters. The lowest BCUT2D eigenvalue weighted by Gasteiger charge is -2.17. The molecule has 0 bridgehead atoms. The molecule has 0 aliphatic rings. The van der Waals surface area contributed by atoms with Gasteiger partial charge in [0.1, 0.15) is 0 Å². The Hall–Kier alpha value is -0.760. The van der Waals surface area contributed by atoms with Crippen LogP contribution < -0.4 is 0 Å². The zero-order chi connectivity index (χ0) is 11.5. The van der Waals surface area contributed by atoms with E-state index in [-0.39, 0.29) is 10.5 Å². The smallest absolute Gasteiger partial charge is 0.162 e. The number of ketones is 1. The van der Waals surface area contributed by atoms with E-state index in [0.29, 0.717) is 6.42 Å². The number of hydrogen-bond donors (Lipinski definition) is 0. The molecule has 0 heterocycles. The van der Waals surface area contributed by atoms with Gasteiger partial charge in [-0.05, 0) is 12.1 Å². The van der Waals surface area contributed by atoms with Gasteiger partial charge in [-0.25, -0.2) is 0 Å². The standard InChI is InChI=1S/C13H18OS/c1-5-12(14)10-7-6-8-11(9-10)15-13(2,3)4/h6-9H,5H2,1-4H3. The second kappa shape index (κ2) is 4.84. The van der Waals surface area contributed by atoms with Crippen LogP contribution in [0, 0.1) is 0 Å². The maximum Gasteiger partial charge on any atom is 0.162 e. The molecule has 1 aromatic rings. The van der Waals surface area contributed by atoms with Crippen molar-refractivity contribution in [1.29, 1.82) is 0 Å². The number of hydrogen-bond acceptors (Lipinski definition) is 2. The van der Waals surface area contributed by atoms with Crippen molar-refractivity contribution in [3.8, 4) is 0 Å². The fourth-order valence-corrected chi connectivity index (χ4v) is 2.33. The minimum absolute atomic E-state index is 0.188. The average molecular weight is 222 g/mol. The van der Waals surface area contributed by atoms with E-state index in [1.54, 1.807) is 11.8 Å². The zero-order valence-corrected chi connectivity index (χ0v) is 10.6. The summed E-state index contributed by atoms with van der Waals surface area (Å²) < 4.78 is 0.188. The topological polar surface area (TPSA) is 17.1 Å². The highest BCUT2D eigenvalue weighted by molar-refractivity contribution is 8.00. The summed E-state index contributed by atoms with van der Waals surface area (Å²) in [4.78, 5) is 12.7. The van der Waals surface area contributed by atoms with E-state index in [4.69, 9.17) is 0 Å². The van der Waals surface area contributed by atoms with Gasteiger partial charge in [-0.2, -0.15) is 0 Å². The molecule has 0 aliphatic carbocycles. The molecule has 0 aromatic heterocycles. The lowest BCUT2D eigenvalue weighted by atomic mass is 10.1. The molecule has 0 unspecified atom stereocenters. The third-order valence-corrected chi connectivity index (χ3v) is 3.00. The highest BCUT2D eigenvalue weighted by atomic mass is 32.2. The van der Waals surface area contributed by atoms with Crippen molar-refractivity contribution in [3.63, 3.8) is 0 Å². The highest BCUT2D eigenvalue weighted by Crippen LogP contribution is 2.32. The van der Waals surface area contributed by atoms with Gasteiger partial charge in [0.2, 0.25) is 0 Å². The summed E-state index contributed by atoms with van der Waals surface area (Å²) in [6, 6.07) is 7.89. The van der Waals surface area contributed by atoms with Gasteiger partial charge in [0.25, 0.3) is 0 Å². The normalized spacial score (nSPS) is 11.5. The van der Waals surface area contributed by atoms with Crippen molar-refractivity contribution in [2.45, 2.75) is 43.8 Å². The maximum atomic E-state index is 11.5. The minimum atomic E-state index is 0.188. The molecule has 0 aliphatic heterocycles. The summed E-state index contributed by atoms with van der Waals surface area (Å²) in [6.07, 6.45) is 0.573. The molecule has 82 valence electrons. The SMILES string of the molecule is CCC(=O)c1cccc(SC(C)(C)C)c1.